The van der Waals surface area contributed by atoms with Crippen molar-refractivity contribution in [1.82, 2.24) is 10.3 Å². The number of halogens is 2. The molecule has 2 aromatic rings. The molecule has 102 valence electrons. The highest BCUT2D eigenvalue weighted by atomic mass is 127. The monoisotopic (exact) mass is 401 g/mol. The van der Waals surface area contributed by atoms with Crippen LogP contribution in [0.1, 0.15) is 10.4 Å². The number of amides is 3. The standard InChI is InChI=1S/C13H9ClIN3O2/c14-10-7-6-9(15)11(16-10)17-13(20)18-12(19)8-4-2-1-3-5-8/h1-7H,(H2,16,17,18,19,20). The van der Waals surface area contributed by atoms with Crippen LogP contribution in [0.2, 0.25) is 5.15 Å². The molecule has 1 aromatic heterocycles. The second kappa shape index (κ2) is 6.67. The molecule has 3 amide bonds. The molecule has 0 radical (unpaired) electrons. The van der Waals surface area contributed by atoms with Gasteiger partial charge in [0.1, 0.15) is 11.0 Å². The van der Waals surface area contributed by atoms with Crippen molar-refractivity contribution >= 4 is 51.9 Å². The van der Waals surface area contributed by atoms with Gasteiger partial charge in [0.25, 0.3) is 5.91 Å². The van der Waals surface area contributed by atoms with E-state index in [1.807, 2.05) is 22.6 Å². The van der Waals surface area contributed by atoms with Gasteiger partial charge in [-0.05, 0) is 46.9 Å². The first-order valence-corrected chi connectivity index (χ1v) is 7.01. The van der Waals surface area contributed by atoms with E-state index in [-0.39, 0.29) is 5.15 Å². The van der Waals surface area contributed by atoms with Gasteiger partial charge in [-0.3, -0.25) is 15.4 Å². The number of urea groups is 1. The van der Waals surface area contributed by atoms with Crippen LogP contribution in [0.3, 0.4) is 0 Å². The molecule has 0 aliphatic carbocycles. The van der Waals surface area contributed by atoms with Crippen LogP contribution in [0.25, 0.3) is 0 Å². The minimum absolute atomic E-state index is 0.259. The number of nitrogens with one attached hydrogen (secondary N) is 2. The average molecular weight is 402 g/mol. The number of nitrogens with zero attached hydrogens (tertiary/aromatic N) is 1. The molecule has 5 nitrogen and oxygen atoms in total. The minimum atomic E-state index is -0.661. The maximum absolute atomic E-state index is 11.8. The highest BCUT2D eigenvalue weighted by molar-refractivity contribution is 14.1. The predicted molar refractivity (Wildman–Crippen MR) is 84.9 cm³/mol. The third kappa shape index (κ3) is 3.91. The average Bonchev–Trinajstić information content (AvgIpc) is 2.43. The molecule has 20 heavy (non-hydrogen) atoms. The Labute approximate surface area is 133 Å². The summed E-state index contributed by atoms with van der Waals surface area (Å²) in [7, 11) is 0. The summed E-state index contributed by atoms with van der Waals surface area (Å²) in [5.41, 5.74) is 0.399. The molecule has 0 bridgehead atoms. The highest BCUT2D eigenvalue weighted by Crippen LogP contribution is 2.18. The molecule has 0 aliphatic heterocycles. The molecule has 0 aliphatic rings. The van der Waals surface area contributed by atoms with Gasteiger partial charge in [-0.25, -0.2) is 9.78 Å². The zero-order valence-electron chi connectivity index (χ0n) is 10.1. The smallest absolute Gasteiger partial charge is 0.291 e. The van der Waals surface area contributed by atoms with Crippen molar-refractivity contribution in [3.05, 3.63) is 56.8 Å². The molecule has 2 rings (SSSR count). The van der Waals surface area contributed by atoms with Crippen molar-refractivity contribution < 1.29 is 9.59 Å². The lowest BCUT2D eigenvalue weighted by molar-refractivity contribution is 0.0967. The molecule has 0 saturated carbocycles. The maximum atomic E-state index is 11.8. The Morgan fingerprint density at radius 2 is 1.80 bits per heavy atom. The Hall–Kier alpha value is -1.67. The number of aromatic nitrogens is 1. The fourth-order valence-corrected chi connectivity index (χ4v) is 1.99. The van der Waals surface area contributed by atoms with Crippen LogP contribution in [0, 0.1) is 3.57 Å². The fourth-order valence-electron chi connectivity index (χ4n) is 1.41. The zero-order chi connectivity index (χ0) is 14.5. The largest absolute Gasteiger partial charge is 0.327 e. The van der Waals surface area contributed by atoms with Gasteiger partial charge in [-0.15, -0.1) is 0 Å². The van der Waals surface area contributed by atoms with E-state index in [1.165, 1.54) is 0 Å². The van der Waals surface area contributed by atoms with Crippen molar-refractivity contribution in [2.24, 2.45) is 0 Å². The molecule has 1 heterocycles. The number of benzene rings is 1. The van der Waals surface area contributed by atoms with E-state index in [9.17, 15) is 9.59 Å². The van der Waals surface area contributed by atoms with Crippen molar-refractivity contribution in [3.8, 4) is 0 Å². The maximum Gasteiger partial charge on any atom is 0.327 e. The van der Waals surface area contributed by atoms with Crippen LogP contribution < -0.4 is 10.6 Å². The molecule has 7 heteroatoms. The third-order valence-corrected chi connectivity index (χ3v) is 3.39. The van der Waals surface area contributed by atoms with Crippen LogP contribution in [0.4, 0.5) is 10.6 Å². The van der Waals surface area contributed by atoms with Crippen LogP contribution in [0.15, 0.2) is 42.5 Å². The second-order valence-corrected chi connectivity index (χ2v) is 5.29. The number of rotatable bonds is 2. The summed E-state index contributed by atoms with van der Waals surface area (Å²) in [6.45, 7) is 0. The fraction of sp³-hybridized carbons (Fsp3) is 0. The van der Waals surface area contributed by atoms with Gasteiger partial charge in [0, 0.05) is 5.56 Å². The third-order valence-electron chi connectivity index (χ3n) is 2.31. The van der Waals surface area contributed by atoms with E-state index in [0.717, 1.165) is 0 Å². The number of pyridine rings is 1. The topological polar surface area (TPSA) is 71.1 Å². The Morgan fingerprint density at radius 1 is 1.10 bits per heavy atom. The summed E-state index contributed by atoms with van der Waals surface area (Å²) in [5, 5.41) is 4.95. The Balaban J connectivity index is 2.03. The second-order valence-electron chi connectivity index (χ2n) is 3.74. The summed E-state index contributed by atoms with van der Waals surface area (Å²) in [5.74, 6) is -0.184. The quantitative estimate of drug-likeness (QED) is 0.599. The van der Waals surface area contributed by atoms with Gasteiger partial charge in [0.2, 0.25) is 0 Å². The van der Waals surface area contributed by atoms with Crippen LogP contribution in [-0.4, -0.2) is 16.9 Å². The normalized spacial score (nSPS) is 9.90. The Kier molecular flexibility index (Phi) is 4.91. The number of carbonyl (C=O) groups excluding carboxylic acids is 2. The first-order chi connectivity index (χ1) is 9.56. The molecular weight excluding hydrogens is 393 g/mol. The predicted octanol–water partition coefficient (Wildman–Crippen LogP) is 3.30. The summed E-state index contributed by atoms with van der Waals surface area (Å²) in [6.07, 6.45) is 0. The van der Waals surface area contributed by atoms with E-state index in [2.05, 4.69) is 15.6 Å². The highest BCUT2D eigenvalue weighted by Gasteiger charge is 2.12. The Morgan fingerprint density at radius 3 is 2.50 bits per heavy atom. The van der Waals surface area contributed by atoms with E-state index < -0.39 is 11.9 Å². The van der Waals surface area contributed by atoms with Crippen molar-refractivity contribution in [3.63, 3.8) is 0 Å². The van der Waals surface area contributed by atoms with Crippen molar-refractivity contribution in [2.45, 2.75) is 0 Å². The van der Waals surface area contributed by atoms with E-state index >= 15 is 0 Å². The molecule has 2 N–H and O–H groups in total. The summed E-state index contributed by atoms with van der Waals surface area (Å²) >= 11 is 7.76. The van der Waals surface area contributed by atoms with E-state index in [1.54, 1.807) is 42.5 Å². The van der Waals surface area contributed by atoms with Gasteiger partial charge in [-0.1, -0.05) is 29.8 Å². The first-order valence-electron chi connectivity index (χ1n) is 5.55. The molecule has 1 aromatic carbocycles. The summed E-state index contributed by atoms with van der Waals surface area (Å²) in [6, 6.07) is 11.1. The van der Waals surface area contributed by atoms with Crippen molar-refractivity contribution in [1.29, 1.82) is 0 Å². The van der Waals surface area contributed by atoms with Gasteiger partial charge in [-0.2, -0.15) is 0 Å². The molecule has 0 saturated heterocycles. The lowest BCUT2D eigenvalue weighted by Crippen LogP contribution is -2.34. The van der Waals surface area contributed by atoms with Gasteiger partial charge < -0.3 is 0 Å². The molecule has 0 fully saturated rings. The first kappa shape index (κ1) is 14.7. The van der Waals surface area contributed by atoms with Gasteiger partial charge >= 0.3 is 6.03 Å². The summed E-state index contributed by atoms with van der Waals surface area (Å²) < 4.78 is 0.717. The van der Waals surface area contributed by atoms with Crippen LogP contribution >= 0.6 is 34.2 Å². The lowest BCUT2D eigenvalue weighted by Gasteiger charge is -2.07. The molecule has 0 atom stereocenters. The van der Waals surface area contributed by atoms with Gasteiger partial charge in [0.05, 0.1) is 3.57 Å². The SMILES string of the molecule is O=C(NC(=O)c1ccccc1)Nc1nc(Cl)ccc1I. The minimum Gasteiger partial charge on any atom is -0.291 e. The molecular formula is C13H9ClIN3O2. The molecule has 0 spiro atoms. The lowest BCUT2D eigenvalue weighted by atomic mass is 10.2. The van der Waals surface area contributed by atoms with E-state index in [0.29, 0.717) is 15.0 Å². The van der Waals surface area contributed by atoms with Crippen LogP contribution in [-0.2, 0) is 0 Å². The number of hydrogen-bond donors (Lipinski definition) is 2. The summed E-state index contributed by atoms with van der Waals surface area (Å²) in [4.78, 5) is 27.5. The number of carbonyl (C=O) groups is 2. The molecule has 0 unspecified atom stereocenters. The number of hydrogen-bond acceptors (Lipinski definition) is 3. The zero-order valence-corrected chi connectivity index (χ0v) is 13.0. The number of anilines is 1. The van der Waals surface area contributed by atoms with E-state index in [4.69, 9.17) is 11.6 Å². The number of imide groups is 1. The van der Waals surface area contributed by atoms with Gasteiger partial charge in [0.15, 0.2) is 0 Å². The Bertz CT molecular complexity index is 649. The van der Waals surface area contributed by atoms with Crippen LogP contribution in [0.5, 0.6) is 0 Å². The van der Waals surface area contributed by atoms with Crippen molar-refractivity contribution in [2.75, 3.05) is 5.32 Å².